The predicted molar refractivity (Wildman–Crippen MR) is 38.9 cm³/mol. The molecule has 0 heterocycles. The zero-order valence-electron chi connectivity index (χ0n) is 6.46. The summed E-state index contributed by atoms with van der Waals surface area (Å²) in [5.41, 5.74) is 8.00. The summed E-state index contributed by atoms with van der Waals surface area (Å²) in [5.74, 6) is 0. The lowest BCUT2D eigenvalue weighted by Crippen LogP contribution is -2.42. The molecule has 0 aromatic rings. The van der Waals surface area contributed by atoms with E-state index in [0.29, 0.717) is 0 Å². The molecular weight excluding hydrogens is 132 g/mol. The van der Waals surface area contributed by atoms with E-state index in [2.05, 4.69) is 0 Å². The van der Waals surface area contributed by atoms with Crippen molar-refractivity contribution in [1.82, 2.24) is 0 Å². The van der Waals surface area contributed by atoms with E-state index in [0.717, 1.165) is 0 Å². The summed E-state index contributed by atoms with van der Waals surface area (Å²) < 4.78 is 0. The van der Waals surface area contributed by atoms with Gasteiger partial charge in [-0.05, 0) is 26.7 Å². The van der Waals surface area contributed by atoms with Gasteiger partial charge in [-0.25, -0.2) is 0 Å². The number of aliphatic hydroxyl groups is 2. The Morgan fingerprint density at radius 3 is 1.30 bits per heavy atom. The molecule has 6 N–H and O–H groups in total. The van der Waals surface area contributed by atoms with Crippen LogP contribution in [0.3, 0.4) is 0 Å². The Morgan fingerprint density at radius 2 is 1.20 bits per heavy atom. The highest BCUT2D eigenvalue weighted by Gasteiger charge is 2.19. The van der Waals surface area contributed by atoms with Gasteiger partial charge in [0.25, 0.3) is 0 Å². The van der Waals surface area contributed by atoms with E-state index in [1.807, 2.05) is 0 Å². The van der Waals surface area contributed by atoms with Crippen molar-refractivity contribution in [2.75, 3.05) is 0 Å². The van der Waals surface area contributed by atoms with Crippen LogP contribution < -0.4 is 11.5 Å². The highest BCUT2D eigenvalue weighted by Crippen LogP contribution is 2.10. The molecule has 0 aromatic carbocycles. The lowest BCUT2D eigenvalue weighted by Gasteiger charge is -2.22. The van der Waals surface area contributed by atoms with Crippen molar-refractivity contribution < 1.29 is 10.2 Å². The van der Waals surface area contributed by atoms with E-state index in [9.17, 15) is 0 Å². The van der Waals surface area contributed by atoms with Gasteiger partial charge in [-0.2, -0.15) is 0 Å². The van der Waals surface area contributed by atoms with Gasteiger partial charge in [0.1, 0.15) is 11.4 Å². The maximum absolute atomic E-state index is 8.99. The molecule has 0 bridgehead atoms. The third-order valence-corrected chi connectivity index (χ3v) is 1.14. The van der Waals surface area contributed by atoms with E-state index in [1.54, 1.807) is 0 Å². The fraction of sp³-hybridized carbons (Fsp3) is 1.00. The van der Waals surface area contributed by atoms with Crippen molar-refractivity contribution in [3.05, 3.63) is 0 Å². The van der Waals surface area contributed by atoms with Crippen molar-refractivity contribution in [3.63, 3.8) is 0 Å². The summed E-state index contributed by atoms with van der Waals surface area (Å²) in [4.78, 5) is 0. The molecule has 0 radical (unpaired) electrons. The van der Waals surface area contributed by atoms with Crippen LogP contribution in [0, 0.1) is 0 Å². The second-order valence-electron chi connectivity index (χ2n) is 3.21. The summed E-state index contributed by atoms with van der Waals surface area (Å²) in [6, 6.07) is 0. The van der Waals surface area contributed by atoms with E-state index >= 15 is 0 Å². The Morgan fingerprint density at radius 1 is 1.00 bits per heavy atom. The minimum Gasteiger partial charge on any atom is -0.376 e. The Bertz CT molecular complexity index is 87.3. The van der Waals surface area contributed by atoms with Crippen LogP contribution in [0.15, 0.2) is 0 Å². The summed E-state index contributed by atoms with van der Waals surface area (Å²) in [7, 11) is 0. The average molecular weight is 148 g/mol. The van der Waals surface area contributed by atoms with Crippen LogP contribution in [0.25, 0.3) is 0 Å². The number of nitrogens with two attached hydrogens (primary N) is 2. The molecule has 0 aliphatic heterocycles. The normalized spacial score (nSPS) is 23.4. The molecule has 0 aliphatic carbocycles. The molecule has 0 fully saturated rings. The Kier molecular flexibility index (Phi) is 2.79. The van der Waals surface area contributed by atoms with Gasteiger partial charge in [0.05, 0.1) is 0 Å². The first kappa shape index (κ1) is 9.84. The van der Waals surface area contributed by atoms with Gasteiger partial charge in [-0.3, -0.25) is 0 Å². The number of hydrogen-bond donors (Lipinski definition) is 4. The van der Waals surface area contributed by atoms with Crippen molar-refractivity contribution >= 4 is 0 Å². The molecule has 0 saturated heterocycles. The fourth-order valence-corrected chi connectivity index (χ4v) is 0.506. The zero-order valence-corrected chi connectivity index (χ0v) is 6.46. The van der Waals surface area contributed by atoms with Crippen molar-refractivity contribution in [3.8, 4) is 0 Å². The van der Waals surface area contributed by atoms with Crippen molar-refractivity contribution in [2.24, 2.45) is 11.5 Å². The van der Waals surface area contributed by atoms with Crippen LogP contribution in [0.5, 0.6) is 0 Å². The maximum Gasteiger partial charge on any atom is 0.110 e. The van der Waals surface area contributed by atoms with Crippen molar-refractivity contribution in [2.45, 2.75) is 38.1 Å². The SMILES string of the molecule is CC(N)(O)CCC(C)(N)O. The lowest BCUT2D eigenvalue weighted by atomic mass is 10.0. The van der Waals surface area contributed by atoms with E-state index in [-0.39, 0.29) is 12.8 Å². The molecule has 4 heteroatoms. The quantitative estimate of drug-likeness (QED) is 0.390. The molecule has 2 atom stereocenters. The Balaban J connectivity index is 3.56. The molecule has 4 nitrogen and oxygen atoms in total. The van der Waals surface area contributed by atoms with Crippen LogP contribution >= 0.6 is 0 Å². The molecule has 0 aromatic heterocycles. The van der Waals surface area contributed by atoms with Gasteiger partial charge in [0, 0.05) is 0 Å². The van der Waals surface area contributed by atoms with Gasteiger partial charge < -0.3 is 21.7 Å². The first-order valence-electron chi connectivity index (χ1n) is 3.23. The Labute approximate surface area is 60.8 Å². The molecule has 0 rings (SSSR count). The van der Waals surface area contributed by atoms with Crippen LogP contribution in [0.1, 0.15) is 26.7 Å². The molecule has 2 unspecified atom stereocenters. The fourth-order valence-electron chi connectivity index (χ4n) is 0.506. The highest BCUT2D eigenvalue weighted by atomic mass is 16.3. The lowest BCUT2D eigenvalue weighted by molar-refractivity contribution is 0.00390. The average Bonchev–Trinajstić information content (AvgIpc) is 1.57. The molecule has 0 spiro atoms. The van der Waals surface area contributed by atoms with Crippen LogP contribution in [-0.4, -0.2) is 21.7 Å². The van der Waals surface area contributed by atoms with Gasteiger partial charge >= 0.3 is 0 Å². The molecule has 10 heavy (non-hydrogen) atoms. The second-order valence-corrected chi connectivity index (χ2v) is 3.21. The smallest absolute Gasteiger partial charge is 0.110 e. The first-order chi connectivity index (χ1) is 4.21. The molecule has 62 valence electrons. The van der Waals surface area contributed by atoms with Gasteiger partial charge in [0.2, 0.25) is 0 Å². The molecule has 0 amide bonds. The van der Waals surface area contributed by atoms with Gasteiger partial charge in [-0.15, -0.1) is 0 Å². The predicted octanol–water partition coefficient (Wildman–Crippen LogP) is -0.899. The maximum atomic E-state index is 8.99. The highest BCUT2D eigenvalue weighted by molar-refractivity contribution is 4.70. The minimum absolute atomic E-state index is 0.288. The minimum atomic E-state index is -1.23. The van der Waals surface area contributed by atoms with Gasteiger partial charge in [-0.1, -0.05) is 0 Å². The first-order valence-corrected chi connectivity index (χ1v) is 3.23. The third-order valence-electron chi connectivity index (χ3n) is 1.14. The largest absolute Gasteiger partial charge is 0.376 e. The summed E-state index contributed by atoms with van der Waals surface area (Å²) in [6.45, 7) is 2.94. The van der Waals surface area contributed by atoms with Crippen LogP contribution in [-0.2, 0) is 0 Å². The summed E-state index contributed by atoms with van der Waals surface area (Å²) in [5, 5.41) is 18.0. The molecule has 0 aliphatic rings. The standard InChI is InChI=1S/C6H16N2O2/c1-5(7,9)3-4-6(2,8)10/h9-10H,3-4,7-8H2,1-2H3. The van der Waals surface area contributed by atoms with E-state index in [4.69, 9.17) is 21.7 Å². The van der Waals surface area contributed by atoms with Crippen molar-refractivity contribution in [1.29, 1.82) is 0 Å². The summed E-state index contributed by atoms with van der Waals surface area (Å²) in [6.07, 6.45) is 0.576. The zero-order chi connectivity index (χ0) is 8.41. The number of rotatable bonds is 3. The molecular formula is C6H16N2O2. The third kappa shape index (κ3) is 7.84. The van der Waals surface area contributed by atoms with Gasteiger partial charge in [0.15, 0.2) is 0 Å². The second kappa shape index (κ2) is 2.84. The van der Waals surface area contributed by atoms with Crippen LogP contribution in [0.4, 0.5) is 0 Å². The molecule has 0 saturated carbocycles. The monoisotopic (exact) mass is 148 g/mol. The van der Waals surface area contributed by atoms with E-state index < -0.39 is 11.4 Å². The number of hydrogen-bond acceptors (Lipinski definition) is 4. The Hall–Kier alpha value is -0.160. The summed E-state index contributed by atoms with van der Waals surface area (Å²) >= 11 is 0. The topological polar surface area (TPSA) is 92.5 Å². The van der Waals surface area contributed by atoms with Crippen LogP contribution in [0.2, 0.25) is 0 Å². The van der Waals surface area contributed by atoms with E-state index in [1.165, 1.54) is 13.8 Å².